The van der Waals surface area contributed by atoms with E-state index in [2.05, 4.69) is 5.32 Å². The highest BCUT2D eigenvalue weighted by atomic mass is 19.4. The minimum Gasteiger partial charge on any atom is -0.326 e. The van der Waals surface area contributed by atoms with E-state index < -0.39 is 23.9 Å². The molecule has 1 fully saturated rings. The molecule has 0 spiro atoms. The fourth-order valence-corrected chi connectivity index (χ4v) is 2.61. The average molecular weight is 281 g/mol. The molecule has 20 heavy (non-hydrogen) atoms. The number of rotatable bonds is 2. The highest BCUT2D eigenvalue weighted by molar-refractivity contribution is 5.96. The van der Waals surface area contributed by atoms with Crippen LogP contribution in [0.5, 0.6) is 0 Å². The predicted octanol–water partition coefficient (Wildman–Crippen LogP) is 3.80. The van der Waals surface area contributed by atoms with E-state index in [0.717, 1.165) is 12.8 Å². The molecule has 1 aliphatic heterocycles. The zero-order chi connectivity index (χ0) is 14.4. The van der Waals surface area contributed by atoms with Crippen LogP contribution in [-0.4, -0.2) is 12.1 Å². The number of alkyl halides is 3. The Labute approximate surface area is 114 Å². The monoisotopic (exact) mass is 281 g/mol. The number of nitrogens with one attached hydrogen (secondary N) is 1. The molecule has 0 saturated heterocycles. The van der Waals surface area contributed by atoms with Gasteiger partial charge in [0.2, 0.25) is 5.91 Å². The van der Waals surface area contributed by atoms with E-state index in [1.54, 1.807) is 18.2 Å². The standard InChI is InChI=1S/C15H14F3NO/c16-15(17,18)14(8-7-10-5-6-10)9-13(20)19-12-4-2-1-3-11(12)14/h1-4,7-8,10H,5-6,9H2,(H,19,20)/b8-7-. The molecule has 5 heteroatoms. The van der Waals surface area contributed by atoms with Crippen LogP contribution in [0.3, 0.4) is 0 Å². The molecule has 1 atom stereocenters. The number of amides is 1. The van der Waals surface area contributed by atoms with Gasteiger partial charge in [-0.1, -0.05) is 30.4 Å². The van der Waals surface area contributed by atoms with Crippen molar-refractivity contribution < 1.29 is 18.0 Å². The summed E-state index contributed by atoms with van der Waals surface area (Å²) in [5, 5.41) is 2.52. The van der Waals surface area contributed by atoms with Gasteiger partial charge in [0.05, 0.1) is 0 Å². The lowest BCUT2D eigenvalue weighted by atomic mass is 9.73. The van der Waals surface area contributed by atoms with Gasteiger partial charge in [-0.3, -0.25) is 4.79 Å². The summed E-state index contributed by atoms with van der Waals surface area (Å²) in [6.45, 7) is 0. The minimum atomic E-state index is -4.49. The Hall–Kier alpha value is -1.78. The topological polar surface area (TPSA) is 29.1 Å². The maximum absolute atomic E-state index is 13.7. The van der Waals surface area contributed by atoms with E-state index in [0.29, 0.717) is 0 Å². The summed E-state index contributed by atoms with van der Waals surface area (Å²) in [6, 6.07) is 6.15. The Morgan fingerprint density at radius 2 is 1.95 bits per heavy atom. The molecule has 0 radical (unpaired) electrons. The zero-order valence-electron chi connectivity index (χ0n) is 10.7. The maximum Gasteiger partial charge on any atom is 0.402 e. The third-order valence-electron chi connectivity index (χ3n) is 3.90. The molecular formula is C15H14F3NO. The van der Waals surface area contributed by atoms with Gasteiger partial charge in [0.1, 0.15) is 5.41 Å². The van der Waals surface area contributed by atoms with E-state index in [1.807, 2.05) is 0 Å². The number of para-hydroxylation sites is 1. The number of halogens is 3. The molecule has 2 nitrogen and oxygen atoms in total. The highest BCUT2D eigenvalue weighted by Crippen LogP contribution is 2.50. The highest BCUT2D eigenvalue weighted by Gasteiger charge is 2.57. The molecule has 1 aromatic carbocycles. The van der Waals surface area contributed by atoms with Gasteiger partial charge in [0, 0.05) is 12.1 Å². The van der Waals surface area contributed by atoms with Crippen LogP contribution < -0.4 is 5.32 Å². The number of carbonyl (C=O) groups is 1. The Bertz CT molecular complexity index is 575. The first-order valence-electron chi connectivity index (χ1n) is 6.58. The number of anilines is 1. The molecule has 1 unspecified atom stereocenters. The Balaban J connectivity index is 2.15. The van der Waals surface area contributed by atoms with Crippen LogP contribution in [0.15, 0.2) is 36.4 Å². The van der Waals surface area contributed by atoms with Crippen molar-refractivity contribution in [2.24, 2.45) is 5.92 Å². The Kier molecular flexibility index (Phi) is 2.88. The van der Waals surface area contributed by atoms with Crippen LogP contribution in [0.25, 0.3) is 0 Å². The molecule has 1 amide bonds. The number of hydrogen-bond donors (Lipinski definition) is 1. The van der Waals surface area contributed by atoms with E-state index in [9.17, 15) is 18.0 Å². The number of fused-ring (bicyclic) bond motifs is 1. The van der Waals surface area contributed by atoms with Crippen molar-refractivity contribution in [1.82, 2.24) is 0 Å². The first-order valence-corrected chi connectivity index (χ1v) is 6.58. The van der Waals surface area contributed by atoms with Gasteiger partial charge in [-0.05, 0) is 30.4 Å². The van der Waals surface area contributed by atoms with Crippen molar-refractivity contribution in [1.29, 1.82) is 0 Å². The van der Waals surface area contributed by atoms with Crippen LogP contribution in [0.4, 0.5) is 18.9 Å². The van der Waals surface area contributed by atoms with Crippen LogP contribution in [0.1, 0.15) is 24.8 Å². The SMILES string of the molecule is O=C1CC(/C=C\C2CC2)(C(F)(F)F)c2ccccc2N1. The van der Waals surface area contributed by atoms with Crippen molar-refractivity contribution in [2.75, 3.05) is 5.32 Å². The summed E-state index contributed by atoms with van der Waals surface area (Å²) in [6.07, 6.45) is -0.412. The molecule has 2 aliphatic rings. The van der Waals surface area contributed by atoms with Crippen molar-refractivity contribution in [3.05, 3.63) is 42.0 Å². The first kappa shape index (κ1) is 13.2. The van der Waals surface area contributed by atoms with E-state index in [-0.39, 0.29) is 17.2 Å². The summed E-state index contributed by atoms with van der Waals surface area (Å²) in [7, 11) is 0. The quantitative estimate of drug-likeness (QED) is 0.821. The summed E-state index contributed by atoms with van der Waals surface area (Å²) in [5.74, 6) is -0.368. The second-order valence-corrected chi connectivity index (χ2v) is 5.44. The summed E-state index contributed by atoms with van der Waals surface area (Å²) < 4.78 is 41.1. The van der Waals surface area contributed by atoms with Gasteiger partial charge in [-0.2, -0.15) is 13.2 Å². The lowest BCUT2D eigenvalue weighted by Crippen LogP contribution is -2.47. The molecule has 1 N–H and O–H groups in total. The molecule has 0 aromatic heterocycles. The Morgan fingerprint density at radius 1 is 1.25 bits per heavy atom. The van der Waals surface area contributed by atoms with Gasteiger partial charge in [-0.15, -0.1) is 0 Å². The van der Waals surface area contributed by atoms with Crippen molar-refractivity contribution >= 4 is 11.6 Å². The van der Waals surface area contributed by atoms with Gasteiger partial charge in [-0.25, -0.2) is 0 Å². The second-order valence-electron chi connectivity index (χ2n) is 5.44. The van der Waals surface area contributed by atoms with Crippen molar-refractivity contribution in [3.8, 4) is 0 Å². The predicted molar refractivity (Wildman–Crippen MR) is 69.3 cm³/mol. The zero-order valence-corrected chi connectivity index (χ0v) is 10.7. The average Bonchev–Trinajstić information content (AvgIpc) is 3.18. The van der Waals surface area contributed by atoms with E-state index >= 15 is 0 Å². The second kappa shape index (κ2) is 4.36. The number of benzene rings is 1. The number of carbonyl (C=O) groups excluding carboxylic acids is 1. The third-order valence-corrected chi connectivity index (χ3v) is 3.90. The van der Waals surface area contributed by atoms with Crippen LogP contribution in [0.2, 0.25) is 0 Å². The smallest absolute Gasteiger partial charge is 0.326 e. The molecule has 1 aliphatic carbocycles. The van der Waals surface area contributed by atoms with Crippen molar-refractivity contribution in [2.45, 2.75) is 30.9 Å². The van der Waals surface area contributed by atoms with Gasteiger partial charge >= 0.3 is 6.18 Å². The fourth-order valence-electron chi connectivity index (χ4n) is 2.61. The van der Waals surface area contributed by atoms with Gasteiger partial charge < -0.3 is 5.32 Å². The van der Waals surface area contributed by atoms with Crippen molar-refractivity contribution in [3.63, 3.8) is 0 Å². The number of allylic oxidation sites excluding steroid dienone is 2. The lowest BCUT2D eigenvalue weighted by Gasteiger charge is -2.37. The molecule has 0 bridgehead atoms. The molecule has 1 heterocycles. The normalized spacial score (nSPS) is 26.4. The molecular weight excluding hydrogens is 267 g/mol. The van der Waals surface area contributed by atoms with E-state index in [1.165, 1.54) is 18.2 Å². The summed E-state index contributed by atoms with van der Waals surface area (Å²) in [4.78, 5) is 11.7. The van der Waals surface area contributed by atoms with Gasteiger partial charge in [0.15, 0.2) is 0 Å². The minimum absolute atomic E-state index is 0.129. The molecule has 106 valence electrons. The number of hydrogen-bond acceptors (Lipinski definition) is 1. The Morgan fingerprint density at radius 3 is 2.60 bits per heavy atom. The van der Waals surface area contributed by atoms with Crippen LogP contribution in [-0.2, 0) is 10.2 Å². The maximum atomic E-state index is 13.7. The van der Waals surface area contributed by atoms with Crippen LogP contribution in [0, 0.1) is 5.92 Å². The molecule has 1 saturated carbocycles. The molecule has 3 rings (SSSR count). The van der Waals surface area contributed by atoms with Gasteiger partial charge in [0.25, 0.3) is 0 Å². The largest absolute Gasteiger partial charge is 0.402 e. The van der Waals surface area contributed by atoms with Crippen LogP contribution >= 0.6 is 0 Å². The van der Waals surface area contributed by atoms with E-state index in [4.69, 9.17) is 0 Å². The lowest BCUT2D eigenvalue weighted by molar-refractivity contribution is -0.180. The molecule has 1 aromatic rings. The first-order chi connectivity index (χ1) is 9.42. The summed E-state index contributed by atoms with van der Waals surface area (Å²) in [5.41, 5.74) is -1.82. The third kappa shape index (κ3) is 2.11. The fraction of sp³-hybridized carbons (Fsp3) is 0.400. The summed E-state index contributed by atoms with van der Waals surface area (Å²) >= 11 is 0.